The number of Topliss-reactive ketones (excluding diaryl/α,β-unsaturated/α-hetero) is 2. The molecule has 0 aromatic heterocycles. The molecule has 1 aliphatic carbocycles. The van der Waals surface area contributed by atoms with Gasteiger partial charge in [-0.2, -0.15) is 0 Å². The second kappa shape index (κ2) is 7.90. The van der Waals surface area contributed by atoms with Crippen molar-refractivity contribution in [2.45, 2.75) is 11.7 Å². The predicted octanol–water partition coefficient (Wildman–Crippen LogP) is 3.30. The summed E-state index contributed by atoms with van der Waals surface area (Å²) in [4.78, 5) is 66.9. The lowest BCUT2D eigenvalue weighted by Crippen LogP contribution is -2.51. The number of amides is 2. The number of nitro benzene ring substituents is 1. The van der Waals surface area contributed by atoms with Crippen LogP contribution in [0.3, 0.4) is 0 Å². The second-order valence-electron chi connectivity index (χ2n) is 9.02. The number of benzene rings is 3. The SMILES string of the molecule is COc1cc([N+](=O)[O-])ccc1N1C(=O)[C@@H]2[C@@H](c3ccccc3)OC3(C(=O)c4ccccc4C3=O)[C@@H]2C1=O. The molecule has 0 unspecified atom stereocenters. The van der Waals surface area contributed by atoms with Gasteiger partial charge in [0.15, 0.2) is 0 Å². The zero-order valence-electron chi connectivity index (χ0n) is 19.3. The number of carbonyl (C=O) groups excluding carboxylic acids is 4. The zero-order valence-corrected chi connectivity index (χ0v) is 19.3. The second-order valence-corrected chi connectivity index (χ2v) is 9.02. The number of rotatable bonds is 4. The van der Waals surface area contributed by atoms with Gasteiger partial charge in [0.05, 0.1) is 41.7 Å². The molecule has 0 saturated carbocycles. The topological polar surface area (TPSA) is 133 Å². The number of fused-ring (bicyclic) bond motifs is 3. The van der Waals surface area contributed by atoms with Crippen molar-refractivity contribution < 1.29 is 33.6 Å². The molecule has 2 saturated heterocycles. The van der Waals surface area contributed by atoms with E-state index in [0.29, 0.717) is 5.56 Å². The molecule has 0 N–H and O–H groups in total. The highest BCUT2D eigenvalue weighted by Crippen LogP contribution is 2.58. The molecule has 10 nitrogen and oxygen atoms in total. The zero-order chi connectivity index (χ0) is 26.1. The van der Waals surface area contributed by atoms with E-state index >= 15 is 0 Å². The maximum atomic E-state index is 14.0. The Morgan fingerprint density at radius 1 is 0.892 bits per heavy atom. The van der Waals surface area contributed by atoms with E-state index in [9.17, 15) is 29.3 Å². The van der Waals surface area contributed by atoms with E-state index in [2.05, 4.69) is 0 Å². The Balaban J connectivity index is 1.54. The number of anilines is 1. The first-order valence-corrected chi connectivity index (χ1v) is 11.4. The number of nitro groups is 1. The molecule has 37 heavy (non-hydrogen) atoms. The molecule has 10 heteroatoms. The molecule has 0 radical (unpaired) electrons. The Hall–Kier alpha value is -4.70. The lowest BCUT2D eigenvalue weighted by molar-refractivity contribution is -0.384. The Kier molecular flexibility index (Phi) is 4.86. The summed E-state index contributed by atoms with van der Waals surface area (Å²) in [5, 5.41) is 11.3. The van der Waals surface area contributed by atoms with Crippen LogP contribution in [0, 0.1) is 22.0 Å². The highest BCUT2D eigenvalue weighted by Gasteiger charge is 2.74. The van der Waals surface area contributed by atoms with E-state index in [1.165, 1.54) is 25.3 Å². The van der Waals surface area contributed by atoms with E-state index in [1.54, 1.807) is 42.5 Å². The van der Waals surface area contributed by atoms with Crippen molar-refractivity contribution in [1.29, 1.82) is 0 Å². The van der Waals surface area contributed by atoms with Gasteiger partial charge < -0.3 is 9.47 Å². The van der Waals surface area contributed by atoms with Crippen LogP contribution < -0.4 is 9.64 Å². The smallest absolute Gasteiger partial charge is 0.273 e. The van der Waals surface area contributed by atoms with Crippen LogP contribution in [-0.2, 0) is 14.3 Å². The lowest BCUT2D eigenvalue weighted by Gasteiger charge is -2.27. The summed E-state index contributed by atoms with van der Waals surface area (Å²) in [5.74, 6) is -5.52. The molecule has 3 aliphatic rings. The summed E-state index contributed by atoms with van der Waals surface area (Å²) in [6.45, 7) is 0. The first-order chi connectivity index (χ1) is 17.8. The summed E-state index contributed by atoms with van der Waals surface area (Å²) >= 11 is 0. The molecular weight excluding hydrogens is 480 g/mol. The number of nitrogens with zero attached hydrogens (tertiary/aromatic N) is 2. The number of hydrogen-bond acceptors (Lipinski definition) is 8. The van der Waals surface area contributed by atoms with Gasteiger partial charge in [-0.3, -0.25) is 29.3 Å². The van der Waals surface area contributed by atoms with E-state index in [0.717, 1.165) is 17.0 Å². The number of ether oxygens (including phenoxy) is 2. The standard InChI is InChI=1S/C27H18N2O8/c1-36-19-13-15(29(34)35)11-12-18(19)28-25(32)20-21(26(28)33)27(37-22(20)14-7-3-2-4-8-14)23(30)16-9-5-6-10-17(16)24(27)31/h2-13,20-22H,1H3/t20-,21-,22+/m0/s1. The minimum atomic E-state index is -2.20. The predicted molar refractivity (Wildman–Crippen MR) is 127 cm³/mol. The summed E-state index contributed by atoms with van der Waals surface area (Å²) in [7, 11) is 1.26. The highest BCUT2D eigenvalue weighted by atomic mass is 16.6. The number of imide groups is 1. The van der Waals surface area contributed by atoms with Gasteiger partial charge in [-0.25, -0.2) is 4.90 Å². The van der Waals surface area contributed by atoms with Gasteiger partial charge in [0.1, 0.15) is 5.75 Å². The summed E-state index contributed by atoms with van der Waals surface area (Å²) < 4.78 is 11.5. The fraction of sp³-hybridized carbons (Fsp3) is 0.185. The normalized spacial score (nSPS) is 23.5. The van der Waals surface area contributed by atoms with Gasteiger partial charge in [0, 0.05) is 17.2 Å². The van der Waals surface area contributed by atoms with Gasteiger partial charge in [0.2, 0.25) is 29.0 Å². The minimum Gasteiger partial charge on any atom is -0.494 e. The fourth-order valence-electron chi connectivity index (χ4n) is 5.66. The Labute approximate surface area is 209 Å². The number of hydrogen-bond donors (Lipinski definition) is 0. The maximum absolute atomic E-state index is 14.0. The minimum absolute atomic E-state index is 0.0186. The van der Waals surface area contributed by atoms with Crippen molar-refractivity contribution in [2.24, 2.45) is 11.8 Å². The Bertz CT molecular complexity index is 1500. The van der Waals surface area contributed by atoms with E-state index < -0.39 is 51.8 Å². The summed E-state index contributed by atoms with van der Waals surface area (Å²) in [6.07, 6.45) is -1.06. The Morgan fingerprint density at radius 3 is 2.11 bits per heavy atom. The van der Waals surface area contributed by atoms with E-state index in [1.807, 2.05) is 0 Å². The third-order valence-electron chi connectivity index (χ3n) is 7.26. The highest BCUT2D eigenvalue weighted by molar-refractivity contribution is 6.37. The lowest BCUT2D eigenvalue weighted by atomic mass is 9.77. The van der Waals surface area contributed by atoms with Gasteiger partial charge in [-0.05, 0) is 11.6 Å². The van der Waals surface area contributed by atoms with Crippen LogP contribution in [0.1, 0.15) is 32.4 Å². The van der Waals surface area contributed by atoms with Gasteiger partial charge in [-0.15, -0.1) is 0 Å². The van der Waals surface area contributed by atoms with Gasteiger partial charge >= 0.3 is 0 Å². The molecule has 2 aliphatic heterocycles. The number of methoxy groups -OCH3 is 1. The molecule has 0 bridgehead atoms. The van der Waals surface area contributed by atoms with Crippen molar-refractivity contribution in [3.8, 4) is 5.75 Å². The number of non-ortho nitro benzene ring substituents is 1. The molecule has 2 fully saturated rings. The first kappa shape index (κ1) is 22.7. The van der Waals surface area contributed by atoms with Crippen molar-refractivity contribution in [2.75, 3.05) is 12.0 Å². The van der Waals surface area contributed by atoms with Gasteiger partial charge in [0.25, 0.3) is 5.69 Å². The molecule has 2 amide bonds. The third kappa shape index (κ3) is 2.90. The first-order valence-electron chi connectivity index (χ1n) is 11.4. The summed E-state index contributed by atoms with van der Waals surface area (Å²) in [6, 6.07) is 18.3. The van der Waals surface area contributed by atoms with E-state index in [4.69, 9.17) is 9.47 Å². The maximum Gasteiger partial charge on any atom is 0.273 e. The molecule has 1 spiro atoms. The van der Waals surface area contributed by atoms with Crippen molar-refractivity contribution in [3.63, 3.8) is 0 Å². The molecule has 6 rings (SSSR count). The molecular formula is C27H18N2O8. The van der Waals surface area contributed by atoms with E-state index in [-0.39, 0.29) is 28.3 Å². The van der Waals surface area contributed by atoms with Gasteiger partial charge in [-0.1, -0.05) is 54.6 Å². The average molecular weight is 498 g/mol. The number of carbonyl (C=O) groups is 4. The quantitative estimate of drug-likeness (QED) is 0.232. The average Bonchev–Trinajstić information content (AvgIpc) is 3.48. The van der Waals surface area contributed by atoms with Crippen LogP contribution in [0.2, 0.25) is 0 Å². The molecule has 3 aromatic carbocycles. The van der Waals surface area contributed by atoms with Crippen LogP contribution in [0.25, 0.3) is 0 Å². The van der Waals surface area contributed by atoms with Crippen molar-refractivity contribution >= 4 is 34.8 Å². The monoisotopic (exact) mass is 498 g/mol. The molecule has 3 aromatic rings. The van der Waals surface area contributed by atoms with Crippen LogP contribution in [-0.4, -0.2) is 41.0 Å². The third-order valence-corrected chi connectivity index (χ3v) is 7.26. The number of ketones is 2. The van der Waals surface area contributed by atoms with Crippen LogP contribution in [0.15, 0.2) is 72.8 Å². The largest absolute Gasteiger partial charge is 0.494 e. The molecule has 2 heterocycles. The fourth-order valence-corrected chi connectivity index (χ4v) is 5.66. The van der Waals surface area contributed by atoms with Crippen LogP contribution >= 0.6 is 0 Å². The molecule has 3 atom stereocenters. The van der Waals surface area contributed by atoms with Crippen LogP contribution in [0.4, 0.5) is 11.4 Å². The molecule has 184 valence electrons. The van der Waals surface area contributed by atoms with Crippen molar-refractivity contribution in [3.05, 3.63) is 99.6 Å². The van der Waals surface area contributed by atoms with Crippen LogP contribution in [0.5, 0.6) is 5.75 Å². The summed E-state index contributed by atoms with van der Waals surface area (Å²) in [5.41, 5.74) is -1.72. The Morgan fingerprint density at radius 2 is 1.51 bits per heavy atom. The van der Waals surface area contributed by atoms with Crippen molar-refractivity contribution in [1.82, 2.24) is 0 Å².